The Morgan fingerprint density at radius 2 is 1.80 bits per heavy atom. The van der Waals surface area contributed by atoms with Gasteiger partial charge in [-0.3, -0.25) is 14.9 Å². The summed E-state index contributed by atoms with van der Waals surface area (Å²) in [7, 11) is -3.36. The summed E-state index contributed by atoms with van der Waals surface area (Å²) in [6.07, 6.45) is 1.22. The number of rotatable bonds is 8. The highest BCUT2D eigenvalue weighted by Gasteiger charge is 2.28. The van der Waals surface area contributed by atoms with Gasteiger partial charge in [-0.25, -0.2) is 0 Å². The van der Waals surface area contributed by atoms with Crippen LogP contribution in [0.1, 0.15) is 5.56 Å². The van der Waals surface area contributed by atoms with Gasteiger partial charge in [0.2, 0.25) is 0 Å². The van der Waals surface area contributed by atoms with Crippen molar-refractivity contribution in [1.82, 2.24) is 0 Å². The van der Waals surface area contributed by atoms with Gasteiger partial charge in [-0.05, 0) is 54.1 Å². The normalized spacial score (nSPS) is 11.3. The van der Waals surface area contributed by atoms with Crippen LogP contribution in [0.4, 0.5) is 11.4 Å². The molecule has 178 valence electrons. The van der Waals surface area contributed by atoms with Gasteiger partial charge in [0, 0.05) is 16.8 Å². The Morgan fingerprint density at radius 3 is 2.43 bits per heavy atom. The lowest BCUT2D eigenvalue weighted by Crippen LogP contribution is -2.13. The van der Waals surface area contributed by atoms with Crippen LogP contribution >= 0.6 is 11.6 Å². The Balaban J connectivity index is 1.94. The van der Waals surface area contributed by atoms with Crippen molar-refractivity contribution in [1.29, 1.82) is 5.26 Å². The topological polar surface area (TPSA) is 149 Å². The Morgan fingerprint density at radius 1 is 1.11 bits per heavy atom. The fraction of sp³-hybridized carbons (Fsp3) is 0.0435. The maximum absolute atomic E-state index is 12.8. The standard InChI is InChI=1S/C23H16ClN3O7S/c1-33-20-11-6-15(12-16(14-25)23(28)26-18-9-7-17(24)8-10-18)13-21(20)34-35(31,32)22-5-3-2-4-19(22)27(29)30/h2-13H,1H3,(H,26,28)/b16-12+. The molecule has 0 spiro atoms. The molecule has 3 aromatic rings. The number of nitrogens with zero attached hydrogens (tertiary/aromatic N) is 2. The Kier molecular flexibility index (Phi) is 7.70. The number of para-hydroxylation sites is 1. The molecule has 0 aliphatic heterocycles. The van der Waals surface area contributed by atoms with E-state index in [-0.39, 0.29) is 22.6 Å². The summed E-state index contributed by atoms with van der Waals surface area (Å²) < 4.78 is 35.9. The molecule has 1 N–H and O–H groups in total. The minimum absolute atomic E-state index is 0.00781. The molecule has 35 heavy (non-hydrogen) atoms. The van der Waals surface area contributed by atoms with E-state index in [1.807, 2.05) is 0 Å². The molecule has 3 aromatic carbocycles. The quantitative estimate of drug-likeness (QED) is 0.151. The van der Waals surface area contributed by atoms with E-state index in [0.29, 0.717) is 10.7 Å². The minimum Gasteiger partial charge on any atom is -0.493 e. The van der Waals surface area contributed by atoms with E-state index in [0.717, 1.165) is 12.1 Å². The van der Waals surface area contributed by atoms with Crippen LogP contribution in [-0.4, -0.2) is 26.4 Å². The molecule has 0 saturated carbocycles. The SMILES string of the molecule is COc1ccc(/C=C(\C#N)C(=O)Nc2ccc(Cl)cc2)cc1OS(=O)(=O)c1ccccc1[N+](=O)[O-]. The van der Waals surface area contributed by atoms with Gasteiger partial charge in [-0.2, -0.15) is 13.7 Å². The fourth-order valence-corrected chi connectivity index (χ4v) is 4.10. The summed E-state index contributed by atoms with van der Waals surface area (Å²) in [4.78, 5) is 22.3. The van der Waals surface area contributed by atoms with Gasteiger partial charge in [0.1, 0.15) is 11.6 Å². The van der Waals surface area contributed by atoms with E-state index in [1.54, 1.807) is 30.3 Å². The molecule has 12 heteroatoms. The zero-order chi connectivity index (χ0) is 25.6. The second kappa shape index (κ2) is 10.7. The molecule has 0 bridgehead atoms. The van der Waals surface area contributed by atoms with Crippen molar-refractivity contribution < 1.29 is 27.1 Å². The summed E-state index contributed by atoms with van der Waals surface area (Å²) in [5.74, 6) is -0.996. The number of nitro groups is 1. The second-order valence-corrected chi connectivity index (χ2v) is 8.75. The molecular formula is C23H16ClN3O7S. The third-order valence-electron chi connectivity index (χ3n) is 4.50. The van der Waals surface area contributed by atoms with Gasteiger partial charge in [-0.15, -0.1) is 0 Å². The Labute approximate surface area is 205 Å². The van der Waals surface area contributed by atoms with E-state index < -0.39 is 31.5 Å². The number of nitriles is 1. The van der Waals surface area contributed by atoms with Crippen molar-refractivity contribution in [3.63, 3.8) is 0 Å². The molecule has 0 unspecified atom stereocenters. The number of anilines is 1. The summed E-state index contributed by atoms with van der Waals surface area (Å²) in [5.41, 5.74) is -0.290. The van der Waals surface area contributed by atoms with Crippen LogP contribution in [0.3, 0.4) is 0 Å². The first-order chi connectivity index (χ1) is 16.6. The van der Waals surface area contributed by atoms with Gasteiger partial charge in [-0.1, -0.05) is 29.8 Å². The molecule has 3 rings (SSSR count). The van der Waals surface area contributed by atoms with Crippen molar-refractivity contribution >= 4 is 45.1 Å². The van der Waals surface area contributed by atoms with Crippen LogP contribution in [0.15, 0.2) is 77.2 Å². The smallest absolute Gasteiger partial charge is 0.346 e. The number of ether oxygens (including phenoxy) is 1. The number of halogens is 1. The predicted molar refractivity (Wildman–Crippen MR) is 128 cm³/mol. The van der Waals surface area contributed by atoms with Crippen LogP contribution in [0.5, 0.6) is 11.5 Å². The average molecular weight is 514 g/mol. The molecule has 0 saturated heterocycles. The summed E-state index contributed by atoms with van der Waals surface area (Å²) in [6, 6.07) is 16.8. The van der Waals surface area contributed by atoms with E-state index >= 15 is 0 Å². The lowest BCUT2D eigenvalue weighted by Gasteiger charge is -2.12. The van der Waals surface area contributed by atoms with E-state index in [4.69, 9.17) is 20.5 Å². The van der Waals surface area contributed by atoms with Gasteiger partial charge in [0.25, 0.3) is 11.6 Å². The summed E-state index contributed by atoms with van der Waals surface area (Å²) in [6.45, 7) is 0. The second-order valence-electron chi connectivity index (χ2n) is 6.80. The lowest BCUT2D eigenvalue weighted by molar-refractivity contribution is -0.387. The number of methoxy groups -OCH3 is 1. The van der Waals surface area contributed by atoms with E-state index in [9.17, 15) is 28.6 Å². The third kappa shape index (κ3) is 6.14. The van der Waals surface area contributed by atoms with Crippen molar-refractivity contribution in [2.24, 2.45) is 0 Å². The van der Waals surface area contributed by atoms with Crippen molar-refractivity contribution in [3.05, 3.63) is 93.0 Å². The molecule has 0 fully saturated rings. The van der Waals surface area contributed by atoms with Gasteiger partial charge >= 0.3 is 10.1 Å². The van der Waals surface area contributed by atoms with Crippen LogP contribution in [0.2, 0.25) is 5.02 Å². The first-order valence-corrected chi connectivity index (χ1v) is 11.5. The molecule has 0 aliphatic rings. The van der Waals surface area contributed by atoms with Crippen molar-refractivity contribution in [2.75, 3.05) is 12.4 Å². The largest absolute Gasteiger partial charge is 0.493 e. The van der Waals surface area contributed by atoms with Gasteiger partial charge in [0.15, 0.2) is 16.4 Å². The molecule has 0 atom stereocenters. The number of carbonyl (C=O) groups is 1. The zero-order valence-electron chi connectivity index (χ0n) is 18.0. The van der Waals surface area contributed by atoms with E-state index in [1.165, 1.54) is 43.5 Å². The molecule has 10 nitrogen and oxygen atoms in total. The minimum atomic E-state index is -4.63. The average Bonchev–Trinajstić information content (AvgIpc) is 2.83. The molecule has 0 aliphatic carbocycles. The predicted octanol–water partition coefficient (Wildman–Crippen LogP) is 4.57. The maximum Gasteiger partial charge on any atom is 0.346 e. The van der Waals surface area contributed by atoms with Crippen LogP contribution in [0.25, 0.3) is 6.08 Å². The number of benzene rings is 3. The first kappa shape index (κ1) is 25.2. The van der Waals surface area contributed by atoms with Crippen molar-refractivity contribution in [2.45, 2.75) is 4.90 Å². The molecular weight excluding hydrogens is 498 g/mol. The van der Waals surface area contributed by atoms with Crippen LogP contribution in [0, 0.1) is 21.4 Å². The Bertz CT molecular complexity index is 1460. The number of nitro benzene ring substituents is 1. The van der Waals surface area contributed by atoms with Gasteiger partial charge < -0.3 is 14.2 Å². The number of hydrogen-bond donors (Lipinski definition) is 1. The Hall–Kier alpha value is -4.40. The highest BCUT2D eigenvalue weighted by Crippen LogP contribution is 2.33. The molecule has 0 aromatic heterocycles. The number of amides is 1. The summed E-state index contributed by atoms with van der Waals surface area (Å²) in [5, 5.41) is 23.7. The van der Waals surface area contributed by atoms with E-state index in [2.05, 4.69) is 5.32 Å². The highest BCUT2D eigenvalue weighted by molar-refractivity contribution is 7.87. The number of nitrogens with one attached hydrogen (secondary N) is 1. The van der Waals surface area contributed by atoms with Crippen molar-refractivity contribution in [3.8, 4) is 17.6 Å². The maximum atomic E-state index is 12.8. The first-order valence-electron chi connectivity index (χ1n) is 9.69. The number of carbonyl (C=O) groups excluding carboxylic acids is 1. The zero-order valence-corrected chi connectivity index (χ0v) is 19.5. The monoisotopic (exact) mass is 513 g/mol. The van der Waals surface area contributed by atoms with Crippen LogP contribution < -0.4 is 14.2 Å². The summed E-state index contributed by atoms with van der Waals surface area (Å²) >= 11 is 5.82. The number of hydrogen-bond acceptors (Lipinski definition) is 8. The third-order valence-corrected chi connectivity index (χ3v) is 6.03. The molecule has 0 radical (unpaired) electrons. The van der Waals surface area contributed by atoms with Crippen LogP contribution in [-0.2, 0) is 14.9 Å². The lowest BCUT2D eigenvalue weighted by atomic mass is 10.1. The molecule has 0 heterocycles. The molecule has 1 amide bonds. The fourth-order valence-electron chi connectivity index (χ4n) is 2.88. The van der Waals surface area contributed by atoms with Gasteiger partial charge in [0.05, 0.1) is 12.0 Å². The highest BCUT2D eigenvalue weighted by atomic mass is 35.5.